The van der Waals surface area contributed by atoms with Gasteiger partial charge >= 0.3 is 5.97 Å². The Hall–Kier alpha value is -2.07. The van der Waals surface area contributed by atoms with Crippen molar-refractivity contribution in [3.05, 3.63) is 42.0 Å². The summed E-state index contributed by atoms with van der Waals surface area (Å²) in [6.45, 7) is 3.64. The van der Waals surface area contributed by atoms with Gasteiger partial charge in [0.1, 0.15) is 11.3 Å². The molecule has 2 aromatic rings. The SMILES string of the molecule is CC(C)(O)CCOc1cc2ccccc2cc1C(=O)O. The van der Waals surface area contributed by atoms with Crippen LogP contribution in [0.1, 0.15) is 30.6 Å². The molecule has 20 heavy (non-hydrogen) atoms. The lowest BCUT2D eigenvalue weighted by Crippen LogP contribution is -2.22. The average Bonchev–Trinajstić information content (AvgIpc) is 2.36. The second-order valence-electron chi connectivity index (χ2n) is 5.41. The van der Waals surface area contributed by atoms with Crippen molar-refractivity contribution in [2.45, 2.75) is 25.9 Å². The van der Waals surface area contributed by atoms with Crippen LogP contribution in [0.2, 0.25) is 0 Å². The summed E-state index contributed by atoms with van der Waals surface area (Å²) in [6.07, 6.45) is 0.429. The molecule has 0 saturated carbocycles. The normalized spacial score (nSPS) is 11.6. The Bertz CT molecular complexity index is 626. The number of carboxylic acids is 1. The lowest BCUT2D eigenvalue weighted by atomic mass is 10.1. The van der Waals surface area contributed by atoms with E-state index in [1.807, 2.05) is 24.3 Å². The van der Waals surface area contributed by atoms with Crippen LogP contribution in [0.15, 0.2) is 36.4 Å². The fourth-order valence-corrected chi connectivity index (χ4v) is 1.92. The van der Waals surface area contributed by atoms with Gasteiger partial charge in [-0.1, -0.05) is 24.3 Å². The molecule has 4 nitrogen and oxygen atoms in total. The maximum absolute atomic E-state index is 11.3. The molecule has 0 radical (unpaired) electrons. The first kappa shape index (κ1) is 14.3. The van der Waals surface area contributed by atoms with Crippen LogP contribution in [-0.2, 0) is 0 Å². The van der Waals surface area contributed by atoms with E-state index in [0.717, 1.165) is 10.8 Å². The van der Waals surface area contributed by atoms with Crippen molar-refractivity contribution < 1.29 is 19.7 Å². The molecule has 0 aromatic heterocycles. The second kappa shape index (κ2) is 5.51. The Morgan fingerprint density at radius 2 is 1.80 bits per heavy atom. The van der Waals surface area contributed by atoms with E-state index in [0.29, 0.717) is 12.2 Å². The Labute approximate surface area is 117 Å². The standard InChI is InChI=1S/C16H18O4/c1-16(2,19)7-8-20-14-10-12-6-4-3-5-11(12)9-13(14)15(17)18/h3-6,9-10,19H,7-8H2,1-2H3,(H,17,18). The summed E-state index contributed by atoms with van der Waals surface area (Å²) in [6, 6.07) is 10.9. The van der Waals surface area contributed by atoms with Crippen molar-refractivity contribution in [3.63, 3.8) is 0 Å². The van der Waals surface area contributed by atoms with E-state index in [9.17, 15) is 15.0 Å². The number of benzene rings is 2. The number of carbonyl (C=O) groups is 1. The van der Waals surface area contributed by atoms with Gasteiger partial charge in [-0.25, -0.2) is 4.79 Å². The second-order valence-corrected chi connectivity index (χ2v) is 5.41. The van der Waals surface area contributed by atoms with Crippen molar-refractivity contribution in [1.82, 2.24) is 0 Å². The van der Waals surface area contributed by atoms with Gasteiger partial charge in [-0.2, -0.15) is 0 Å². The maximum Gasteiger partial charge on any atom is 0.339 e. The van der Waals surface area contributed by atoms with Crippen LogP contribution in [0.25, 0.3) is 10.8 Å². The van der Waals surface area contributed by atoms with E-state index in [1.54, 1.807) is 26.0 Å². The van der Waals surface area contributed by atoms with Crippen LogP contribution in [0.5, 0.6) is 5.75 Å². The molecular weight excluding hydrogens is 256 g/mol. The molecule has 0 amide bonds. The summed E-state index contributed by atoms with van der Waals surface area (Å²) in [5, 5.41) is 20.7. The van der Waals surface area contributed by atoms with E-state index >= 15 is 0 Å². The van der Waals surface area contributed by atoms with E-state index < -0.39 is 11.6 Å². The number of ether oxygens (including phenoxy) is 1. The summed E-state index contributed by atoms with van der Waals surface area (Å²) in [5.74, 6) is -0.686. The molecule has 0 fully saturated rings. The fourth-order valence-electron chi connectivity index (χ4n) is 1.92. The Morgan fingerprint density at radius 3 is 2.35 bits per heavy atom. The van der Waals surface area contributed by atoms with Crippen molar-refractivity contribution in [3.8, 4) is 5.75 Å². The summed E-state index contributed by atoms with van der Waals surface area (Å²) in [7, 11) is 0. The van der Waals surface area contributed by atoms with Crippen LogP contribution in [0.4, 0.5) is 0 Å². The van der Waals surface area contributed by atoms with Crippen LogP contribution in [0.3, 0.4) is 0 Å². The number of aromatic carboxylic acids is 1. The monoisotopic (exact) mass is 274 g/mol. The number of aliphatic hydroxyl groups is 1. The van der Waals surface area contributed by atoms with E-state index in [2.05, 4.69) is 0 Å². The summed E-state index contributed by atoms with van der Waals surface area (Å²) >= 11 is 0. The van der Waals surface area contributed by atoms with E-state index in [-0.39, 0.29) is 12.2 Å². The number of rotatable bonds is 5. The Morgan fingerprint density at radius 1 is 1.20 bits per heavy atom. The molecule has 0 bridgehead atoms. The molecule has 0 unspecified atom stereocenters. The zero-order chi connectivity index (χ0) is 14.8. The first-order valence-electron chi connectivity index (χ1n) is 6.48. The summed E-state index contributed by atoms with van der Waals surface area (Å²) in [4.78, 5) is 11.3. The van der Waals surface area contributed by atoms with Crippen molar-refractivity contribution in [1.29, 1.82) is 0 Å². The largest absolute Gasteiger partial charge is 0.493 e. The minimum absolute atomic E-state index is 0.138. The molecule has 4 heteroatoms. The predicted molar refractivity (Wildman–Crippen MR) is 77.3 cm³/mol. The first-order chi connectivity index (χ1) is 9.37. The number of fused-ring (bicyclic) bond motifs is 1. The van der Waals surface area contributed by atoms with Crippen LogP contribution in [-0.4, -0.2) is 28.4 Å². The highest BCUT2D eigenvalue weighted by Gasteiger charge is 2.16. The number of hydrogen-bond acceptors (Lipinski definition) is 3. The minimum atomic E-state index is -1.02. The third-order valence-corrected chi connectivity index (χ3v) is 3.05. The van der Waals surface area contributed by atoms with Crippen molar-refractivity contribution in [2.75, 3.05) is 6.61 Å². The quantitative estimate of drug-likeness (QED) is 0.879. The van der Waals surface area contributed by atoms with Gasteiger partial charge < -0.3 is 14.9 Å². The van der Waals surface area contributed by atoms with Gasteiger partial charge in [0.15, 0.2) is 0 Å². The molecule has 0 atom stereocenters. The summed E-state index contributed by atoms with van der Waals surface area (Å²) in [5.41, 5.74) is -0.695. The van der Waals surface area contributed by atoms with Crippen LogP contribution < -0.4 is 4.74 Å². The summed E-state index contributed by atoms with van der Waals surface area (Å²) < 4.78 is 5.54. The van der Waals surface area contributed by atoms with Gasteiger partial charge in [-0.3, -0.25) is 0 Å². The molecule has 2 rings (SSSR count). The topological polar surface area (TPSA) is 66.8 Å². The molecular formula is C16H18O4. The molecule has 0 aliphatic carbocycles. The van der Waals surface area contributed by atoms with Gasteiger partial charge in [-0.15, -0.1) is 0 Å². The smallest absolute Gasteiger partial charge is 0.339 e. The molecule has 2 aromatic carbocycles. The van der Waals surface area contributed by atoms with Crippen LogP contribution >= 0.6 is 0 Å². The lowest BCUT2D eigenvalue weighted by Gasteiger charge is -2.18. The number of carboxylic acid groups (broad SMARTS) is 1. The molecule has 0 saturated heterocycles. The fraction of sp³-hybridized carbons (Fsp3) is 0.312. The third-order valence-electron chi connectivity index (χ3n) is 3.05. The maximum atomic E-state index is 11.3. The molecule has 0 aliphatic rings. The first-order valence-corrected chi connectivity index (χ1v) is 6.48. The molecule has 106 valence electrons. The number of hydrogen-bond donors (Lipinski definition) is 2. The van der Waals surface area contributed by atoms with Crippen molar-refractivity contribution in [2.24, 2.45) is 0 Å². The highest BCUT2D eigenvalue weighted by molar-refractivity contribution is 5.97. The van der Waals surface area contributed by atoms with Gasteiger partial charge in [0.2, 0.25) is 0 Å². The molecule has 2 N–H and O–H groups in total. The minimum Gasteiger partial charge on any atom is -0.493 e. The van der Waals surface area contributed by atoms with Crippen molar-refractivity contribution >= 4 is 16.7 Å². The van der Waals surface area contributed by atoms with E-state index in [1.165, 1.54) is 0 Å². The zero-order valence-corrected chi connectivity index (χ0v) is 11.6. The molecule has 0 aliphatic heterocycles. The predicted octanol–water partition coefficient (Wildman–Crippen LogP) is 3.08. The molecule has 0 spiro atoms. The van der Waals surface area contributed by atoms with Crippen LogP contribution in [0, 0.1) is 0 Å². The Balaban J connectivity index is 2.30. The van der Waals surface area contributed by atoms with Gasteiger partial charge in [0, 0.05) is 6.42 Å². The van der Waals surface area contributed by atoms with Gasteiger partial charge in [0.05, 0.1) is 12.2 Å². The molecule has 0 heterocycles. The van der Waals surface area contributed by atoms with E-state index in [4.69, 9.17) is 4.74 Å². The highest BCUT2D eigenvalue weighted by atomic mass is 16.5. The van der Waals surface area contributed by atoms with Gasteiger partial charge in [0.25, 0.3) is 0 Å². The zero-order valence-electron chi connectivity index (χ0n) is 11.6. The lowest BCUT2D eigenvalue weighted by molar-refractivity contribution is 0.0549. The Kier molecular flexibility index (Phi) is 3.95. The highest BCUT2D eigenvalue weighted by Crippen LogP contribution is 2.26. The third kappa shape index (κ3) is 3.48. The van der Waals surface area contributed by atoms with Gasteiger partial charge in [-0.05, 0) is 36.8 Å². The average molecular weight is 274 g/mol.